The van der Waals surface area contributed by atoms with Crippen LogP contribution in [0.4, 0.5) is 0 Å². The summed E-state index contributed by atoms with van der Waals surface area (Å²) in [5.74, 6) is 0.242. The molecule has 0 aromatic carbocycles. The van der Waals surface area contributed by atoms with Crippen molar-refractivity contribution in [2.75, 3.05) is 7.05 Å². The summed E-state index contributed by atoms with van der Waals surface area (Å²) in [6.07, 6.45) is 1.61. The molecule has 2 N–H and O–H groups in total. The molecule has 0 fully saturated rings. The smallest absolute Gasteiger partial charge is 0.308 e. The molecule has 0 saturated heterocycles. The van der Waals surface area contributed by atoms with Crippen LogP contribution in [0.15, 0.2) is 11.8 Å². The minimum atomic E-state index is -0.162. The lowest BCUT2D eigenvalue weighted by atomic mass is 10.1. The third-order valence-electron chi connectivity index (χ3n) is 1.55. The monoisotopic (exact) mass is 155 g/mol. The maximum atomic E-state index is 8.92. The highest BCUT2D eigenvalue weighted by Crippen LogP contribution is 2.02. The van der Waals surface area contributed by atoms with Gasteiger partial charge >= 0.3 is 6.04 Å². The highest BCUT2D eigenvalue weighted by atomic mass is 16.3. The van der Waals surface area contributed by atoms with Crippen LogP contribution in [0.1, 0.15) is 13.8 Å². The lowest BCUT2D eigenvalue weighted by Crippen LogP contribution is -2.31. The molecule has 0 aliphatic heterocycles. The molecule has 0 aliphatic carbocycles. The summed E-state index contributed by atoms with van der Waals surface area (Å²) in [7, 11) is 1.82. The summed E-state index contributed by atoms with van der Waals surface area (Å²) in [5.41, 5.74) is 0. The van der Waals surface area contributed by atoms with E-state index in [1.54, 1.807) is 13.0 Å². The molecule has 0 bridgehead atoms. The Hall–Kier alpha value is -1.01. The highest BCUT2D eigenvalue weighted by molar-refractivity contribution is 5.07. The first-order chi connectivity index (χ1) is 5.11. The molecule has 2 atom stereocenters. The van der Waals surface area contributed by atoms with Gasteiger partial charge in [-0.3, -0.25) is 0 Å². The molecular weight excluding hydrogens is 140 g/mol. The van der Waals surface area contributed by atoms with Gasteiger partial charge in [0.05, 0.1) is 11.8 Å². The molecule has 62 valence electrons. The second-order valence-electron chi connectivity index (χ2n) is 2.53. The van der Waals surface area contributed by atoms with Gasteiger partial charge in [0.15, 0.2) is 0 Å². The van der Waals surface area contributed by atoms with Gasteiger partial charge in [-0.2, -0.15) is 0 Å². The lowest BCUT2D eigenvalue weighted by molar-refractivity contribution is 0.407. The average Bonchev–Trinajstić information content (AvgIpc) is 1.98. The maximum absolute atomic E-state index is 8.92. The first-order valence-corrected chi connectivity index (χ1v) is 3.56. The number of hydrogen-bond acceptors (Lipinski definition) is 2. The van der Waals surface area contributed by atoms with Crippen molar-refractivity contribution in [1.29, 1.82) is 0 Å². The molecule has 0 saturated carbocycles. The third-order valence-corrected chi connectivity index (χ3v) is 1.55. The number of nitrogens with one attached hydrogen (secondary N) is 1. The van der Waals surface area contributed by atoms with E-state index < -0.39 is 0 Å². The van der Waals surface area contributed by atoms with Crippen LogP contribution in [0.5, 0.6) is 0 Å². The van der Waals surface area contributed by atoms with Gasteiger partial charge in [0, 0.05) is 6.08 Å². The summed E-state index contributed by atoms with van der Waals surface area (Å²) in [4.78, 5) is 3.60. The average molecular weight is 155 g/mol. The standard InChI is InChI=1S/C8H14N2O/c1-6(11)5-8(10-4)7(2)9-3/h4-5,7-9H,1-3H3/p+1/b6-5+. The van der Waals surface area contributed by atoms with Gasteiger partial charge in [0.2, 0.25) is 0 Å². The normalized spacial score (nSPS) is 17.1. The first kappa shape index (κ1) is 9.99. The number of aliphatic hydroxyl groups is 1. The van der Waals surface area contributed by atoms with Gasteiger partial charge < -0.3 is 10.4 Å². The van der Waals surface area contributed by atoms with Crippen molar-refractivity contribution >= 4 is 0 Å². The zero-order chi connectivity index (χ0) is 8.85. The van der Waals surface area contributed by atoms with Crippen molar-refractivity contribution in [3.05, 3.63) is 16.7 Å². The number of allylic oxidation sites excluding steroid dienone is 1. The van der Waals surface area contributed by atoms with E-state index in [-0.39, 0.29) is 17.8 Å². The van der Waals surface area contributed by atoms with E-state index in [9.17, 15) is 0 Å². The van der Waals surface area contributed by atoms with Gasteiger partial charge in [-0.1, -0.05) is 4.85 Å². The van der Waals surface area contributed by atoms with Gasteiger partial charge in [0.25, 0.3) is 6.57 Å². The molecule has 0 aromatic heterocycles. The van der Waals surface area contributed by atoms with E-state index in [2.05, 4.69) is 10.2 Å². The van der Waals surface area contributed by atoms with Crippen LogP contribution in [-0.2, 0) is 0 Å². The van der Waals surface area contributed by atoms with Crippen LogP contribution in [0, 0.1) is 6.57 Å². The van der Waals surface area contributed by atoms with E-state index in [0.717, 1.165) is 0 Å². The molecule has 0 heterocycles. The largest absolute Gasteiger partial charge is 0.513 e. The van der Waals surface area contributed by atoms with Crippen molar-refractivity contribution in [3.63, 3.8) is 0 Å². The highest BCUT2D eigenvalue weighted by Gasteiger charge is 2.20. The number of likely N-dealkylation sites (N-methyl/N-ethyl adjacent to an activating group) is 1. The minimum absolute atomic E-state index is 0.141. The molecule has 0 spiro atoms. The van der Waals surface area contributed by atoms with Crippen molar-refractivity contribution in [2.24, 2.45) is 0 Å². The maximum Gasteiger partial charge on any atom is 0.308 e. The Morgan fingerprint density at radius 2 is 2.27 bits per heavy atom. The number of hydrogen-bond donors (Lipinski definition) is 2. The third kappa shape index (κ3) is 3.64. The Kier molecular flexibility index (Phi) is 4.32. The fourth-order valence-electron chi connectivity index (χ4n) is 0.734. The summed E-state index contributed by atoms with van der Waals surface area (Å²) >= 11 is 0. The van der Waals surface area contributed by atoms with Crippen LogP contribution in [0.25, 0.3) is 4.85 Å². The van der Waals surface area contributed by atoms with Crippen LogP contribution in [0.2, 0.25) is 0 Å². The predicted molar refractivity (Wildman–Crippen MR) is 47.0 cm³/mol. The summed E-state index contributed by atoms with van der Waals surface area (Å²) in [5, 5.41) is 11.9. The summed E-state index contributed by atoms with van der Waals surface area (Å²) in [6.45, 7) is 8.67. The molecule has 0 rings (SSSR count). The SMILES string of the molecule is C#[N+]C(/C=C(\C)O)C(C)NC. The Morgan fingerprint density at radius 1 is 1.73 bits per heavy atom. The number of rotatable bonds is 3. The second kappa shape index (κ2) is 4.75. The zero-order valence-electron chi connectivity index (χ0n) is 7.20. The fourth-order valence-corrected chi connectivity index (χ4v) is 0.734. The summed E-state index contributed by atoms with van der Waals surface area (Å²) in [6, 6.07) is -0.0212. The van der Waals surface area contributed by atoms with Crippen LogP contribution in [-0.4, -0.2) is 24.2 Å². The topological polar surface area (TPSA) is 36.6 Å². The fraction of sp³-hybridized carbons (Fsp3) is 0.625. The van der Waals surface area contributed by atoms with E-state index in [4.69, 9.17) is 11.7 Å². The zero-order valence-corrected chi connectivity index (χ0v) is 7.20. The molecule has 0 radical (unpaired) electrons. The predicted octanol–water partition coefficient (Wildman–Crippen LogP) is 1.39. The van der Waals surface area contributed by atoms with E-state index in [1.165, 1.54) is 0 Å². The Labute approximate surface area is 67.6 Å². The first-order valence-electron chi connectivity index (χ1n) is 3.56. The number of aliphatic hydroxyl groups excluding tert-OH is 1. The quantitative estimate of drug-likeness (QED) is 0.604. The minimum Gasteiger partial charge on any atom is -0.513 e. The summed E-state index contributed by atoms with van der Waals surface area (Å²) < 4.78 is 0. The molecule has 0 amide bonds. The number of nitrogens with zero attached hydrogens (tertiary/aromatic N) is 1. The molecule has 3 nitrogen and oxygen atoms in total. The van der Waals surface area contributed by atoms with Crippen molar-refractivity contribution in [3.8, 4) is 6.57 Å². The molecule has 11 heavy (non-hydrogen) atoms. The van der Waals surface area contributed by atoms with Gasteiger partial charge in [-0.25, -0.2) is 0 Å². The van der Waals surface area contributed by atoms with E-state index >= 15 is 0 Å². The van der Waals surface area contributed by atoms with Crippen molar-refractivity contribution in [2.45, 2.75) is 25.9 Å². The van der Waals surface area contributed by atoms with E-state index in [1.807, 2.05) is 14.0 Å². The van der Waals surface area contributed by atoms with Crippen LogP contribution >= 0.6 is 0 Å². The van der Waals surface area contributed by atoms with E-state index in [0.29, 0.717) is 0 Å². The molecule has 0 aliphatic rings. The van der Waals surface area contributed by atoms with Crippen LogP contribution in [0.3, 0.4) is 0 Å². The molecule has 2 unspecified atom stereocenters. The van der Waals surface area contributed by atoms with Crippen LogP contribution < -0.4 is 5.32 Å². The van der Waals surface area contributed by atoms with Crippen molar-refractivity contribution in [1.82, 2.24) is 5.32 Å². The van der Waals surface area contributed by atoms with Gasteiger partial charge in [-0.05, 0) is 20.9 Å². The molecule has 0 aromatic rings. The lowest BCUT2D eigenvalue weighted by Gasteiger charge is -2.05. The van der Waals surface area contributed by atoms with Crippen molar-refractivity contribution < 1.29 is 5.11 Å². The van der Waals surface area contributed by atoms with Gasteiger partial charge in [-0.15, -0.1) is 0 Å². The van der Waals surface area contributed by atoms with Gasteiger partial charge in [0.1, 0.15) is 0 Å². The molecule has 3 heteroatoms. The Bertz CT molecular complexity index is 177. The Morgan fingerprint density at radius 3 is 2.55 bits per heavy atom. The second-order valence-corrected chi connectivity index (χ2v) is 2.53. The molecular formula is C8H15N2O+. The Balaban J connectivity index is 4.20.